The van der Waals surface area contributed by atoms with E-state index < -0.39 is 15.9 Å². The molecule has 0 saturated carbocycles. The zero-order valence-corrected chi connectivity index (χ0v) is 13.5. The highest BCUT2D eigenvalue weighted by Crippen LogP contribution is 2.39. The van der Waals surface area contributed by atoms with Crippen LogP contribution in [-0.4, -0.2) is 30.7 Å². The van der Waals surface area contributed by atoms with Gasteiger partial charge < -0.3 is 5.32 Å². The summed E-state index contributed by atoms with van der Waals surface area (Å²) < 4.78 is 26.0. The zero-order valence-electron chi connectivity index (χ0n) is 11.9. The number of rotatable bonds is 2. The number of aromatic nitrogens is 1. The Bertz CT molecular complexity index is 870. The van der Waals surface area contributed by atoms with Crippen molar-refractivity contribution < 1.29 is 13.2 Å². The molecule has 1 aliphatic rings. The number of pyridine rings is 1. The van der Waals surface area contributed by atoms with Crippen molar-refractivity contribution in [3.05, 3.63) is 46.4 Å². The Morgan fingerprint density at radius 3 is 2.77 bits per heavy atom. The Balaban J connectivity index is 2.06. The molecule has 3 heterocycles. The van der Waals surface area contributed by atoms with Crippen LogP contribution in [0.15, 0.2) is 46.4 Å². The van der Waals surface area contributed by atoms with Crippen molar-refractivity contribution in [1.29, 1.82) is 0 Å². The number of hydrogen-bond acceptors (Lipinski definition) is 5. The van der Waals surface area contributed by atoms with Gasteiger partial charge >= 0.3 is 0 Å². The van der Waals surface area contributed by atoms with Gasteiger partial charge in [0.2, 0.25) is 0 Å². The average molecular weight is 335 g/mol. The summed E-state index contributed by atoms with van der Waals surface area (Å²) in [5.41, 5.74) is 0.747. The van der Waals surface area contributed by atoms with Crippen molar-refractivity contribution in [3.8, 4) is 0 Å². The van der Waals surface area contributed by atoms with Gasteiger partial charge in [0.15, 0.2) is 0 Å². The molecule has 1 amide bonds. The van der Waals surface area contributed by atoms with Gasteiger partial charge in [0.05, 0.1) is 4.88 Å². The Morgan fingerprint density at radius 1 is 1.32 bits per heavy atom. The van der Waals surface area contributed by atoms with Crippen molar-refractivity contribution in [2.24, 2.45) is 0 Å². The van der Waals surface area contributed by atoms with Crippen LogP contribution in [0.5, 0.6) is 0 Å². The largest absolute Gasteiger partial charge is 0.305 e. The maximum Gasteiger partial charge on any atom is 0.274 e. The minimum Gasteiger partial charge on any atom is -0.305 e. The molecule has 0 fully saturated rings. The number of carbonyl (C=O) groups excluding carboxylic acids is 1. The SMILES string of the molecule is CC1=C(C(=O)Nc2ccccn2)N(C)S(=O)(=O)c2ccsc21. The molecule has 22 heavy (non-hydrogen) atoms. The molecule has 3 rings (SSSR count). The predicted molar refractivity (Wildman–Crippen MR) is 84.7 cm³/mol. The van der Waals surface area contributed by atoms with Gasteiger partial charge in [-0.15, -0.1) is 11.3 Å². The van der Waals surface area contributed by atoms with Crippen molar-refractivity contribution >= 4 is 38.7 Å². The van der Waals surface area contributed by atoms with Crippen LogP contribution in [-0.2, 0) is 14.8 Å². The van der Waals surface area contributed by atoms with Gasteiger partial charge in [-0.1, -0.05) is 6.07 Å². The number of sulfonamides is 1. The fourth-order valence-electron chi connectivity index (χ4n) is 2.31. The topological polar surface area (TPSA) is 79.4 Å². The van der Waals surface area contributed by atoms with E-state index in [0.717, 1.165) is 4.31 Å². The molecule has 0 aromatic carbocycles. The molecule has 1 N–H and O–H groups in total. The first-order valence-electron chi connectivity index (χ1n) is 6.43. The first-order valence-corrected chi connectivity index (χ1v) is 8.75. The summed E-state index contributed by atoms with van der Waals surface area (Å²) in [4.78, 5) is 17.4. The first kappa shape index (κ1) is 14.7. The van der Waals surface area contributed by atoms with Crippen molar-refractivity contribution in [1.82, 2.24) is 9.29 Å². The summed E-state index contributed by atoms with van der Waals surface area (Å²) in [7, 11) is -2.31. The van der Waals surface area contributed by atoms with E-state index in [1.807, 2.05) is 0 Å². The first-order chi connectivity index (χ1) is 10.4. The molecule has 1 aliphatic heterocycles. The van der Waals surface area contributed by atoms with Gasteiger partial charge in [-0.25, -0.2) is 13.4 Å². The molecule has 0 bridgehead atoms. The lowest BCUT2D eigenvalue weighted by Crippen LogP contribution is -2.36. The summed E-state index contributed by atoms with van der Waals surface area (Å²) in [5.74, 6) is -0.128. The van der Waals surface area contributed by atoms with E-state index >= 15 is 0 Å². The third kappa shape index (κ3) is 2.20. The van der Waals surface area contributed by atoms with E-state index in [-0.39, 0.29) is 10.6 Å². The minimum atomic E-state index is -3.69. The molecule has 114 valence electrons. The zero-order chi connectivity index (χ0) is 15.9. The molecule has 0 unspecified atom stereocenters. The van der Waals surface area contributed by atoms with Crippen LogP contribution in [0.25, 0.3) is 5.57 Å². The highest BCUT2D eigenvalue weighted by atomic mass is 32.2. The van der Waals surface area contributed by atoms with Crippen molar-refractivity contribution in [3.63, 3.8) is 0 Å². The Kier molecular flexibility index (Phi) is 3.50. The van der Waals surface area contributed by atoms with Gasteiger partial charge in [-0.3, -0.25) is 9.10 Å². The number of nitrogens with zero attached hydrogens (tertiary/aromatic N) is 2. The van der Waals surface area contributed by atoms with Crippen LogP contribution in [0.4, 0.5) is 5.82 Å². The number of hydrogen-bond donors (Lipinski definition) is 1. The van der Waals surface area contributed by atoms with E-state index in [2.05, 4.69) is 10.3 Å². The minimum absolute atomic E-state index is 0.112. The van der Waals surface area contributed by atoms with Crippen LogP contribution in [0.2, 0.25) is 0 Å². The summed E-state index contributed by atoms with van der Waals surface area (Å²) in [6.45, 7) is 1.74. The molecular formula is C14H13N3O3S2. The van der Waals surface area contributed by atoms with Gasteiger partial charge in [0, 0.05) is 13.2 Å². The second-order valence-electron chi connectivity index (χ2n) is 4.73. The van der Waals surface area contributed by atoms with E-state index in [4.69, 9.17) is 0 Å². The molecule has 0 atom stereocenters. The lowest BCUT2D eigenvalue weighted by atomic mass is 10.1. The number of thiophene rings is 1. The Morgan fingerprint density at radius 2 is 2.09 bits per heavy atom. The van der Waals surface area contributed by atoms with E-state index in [0.29, 0.717) is 16.3 Å². The van der Waals surface area contributed by atoms with Crippen LogP contribution in [0.1, 0.15) is 11.8 Å². The number of fused-ring (bicyclic) bond motifs is 1. The smallest absolute Gasteiger partial charge is 0.274 e. The van der Waals surface area contributed by atoms with Crippen LogP contribution in [0, 0.1) is 0 Å². The number of nitrogens with one attached hydrogen (secondary N) is 1. The van der Waals surface area contributed by atoms with Crippen LogP contribution >= 0.6 is 11.3 Å². The third-order valence-electron chi connectivity index (χ3n) is 3.40. The highest BCUT2D eigenvalue weighted by Gasteiger charge is 2.36. The molecule has 0 spiro atoms. The van der Waals surface area contributed by atoms with Crippen molar-refractivity contribution in [2.75, 3.05) is 12.4 Å². The van der Waals surface area contributed by atoms with E-state index in [9.17, 15) is 13.2 Å². The monoisotopic (exact) mass is 335 g/mol. The maximum absolute atomic E-state index is 12.5. The number of likely N-dealkylation sites (N-methyl/N-ethyl adjacent to an activating group) is 1. The highest BCUT2D eigenvalue weighted by molar-refractivity contribution is 7.89. The molecule has 0 radical (unpaired) electrons. The molecule has 8 heteroatoms. The van der Waals surface area contributed by atoms with Gasteiger partial charge in [0.25, 0.3) is 15.9 Å². The molecule has 6 nitrogen and oxygen atoms in total. The van der Waals surface area contributed by atoms with Gasteiger partial charge in [-0.05, 0) is 36.1 Å². The maximum atomic E-state index is 12.5. The molecule has 0 aliphatic carbocycles. The summed E-state index contributed by atoms with van der Waals surface area (Å²) in [6, 6.07) is 6.67. The molecular weight excluding hydrogens is 322 g/mol. The number of allylic oxidation sites excluding steroid dienone is 1. The summed E-state index contributed by atoms with van der Waals surface area (Å²) >= 11 is 1.31. The van der Waals surface area contributed by atoms with Gasteiger partial charge in [-0.2, -0.15) is 0 Å². The van der Waals surface area contributed by atoms with Crippen LogP contribution < -0.4 is 5.32 Å². The standard InChI is InChI=1S/C14H13N3O3S2/c1-9-12(14(18)16-11-5-3-4-7-15-11)17(2)22(19,20)10-6-8-21-13(9)10/h3-8H,1-2H3,(H,15,16,18). The second kappa shape index (κ2) is 5.22. The van der Waals surface area contributed by atoms with Gasteiger partial charge in [0.1, 0.15) is 16.4 Å². The lowest BCUT2D eigenvalue weighted by Gasteiger charge is -2.27. The molecule has 2 aromatic rings. The normalized spacial score (nSPS) is 16.4. The summed E-state index contributed by atoms with van der Waals surface area (Å²) in [6.07, 6.45) is 1.55. The molecule has 0 saturated heterocycles. The third-order valence-corrected chi connectivity index (χ3v) is 6.36. The predicted octanol–water partition coefficient (Wildman–Crippen LogP) is 2.15. The fraction of sp³-hybridized carbons (Fsp3) is 0.143. The van der Waals surface area contributed by atoms with E-state index in [1.165, 1.54) is 18.4 Å². The second-order valence-corrected chi connectivity index (χ2v) is 7.58. The number of anilines is 1. The Labute approximate surface area is 132 Å². The lowest BCUT2D eigenvalue weighted by molar-refractivity contribution is -0.113. The summed E-state index contributed by atoms with van der Waals surface area (Å²) in [5, 5.41) is 4.33. The number of amides is 1. The fourth-order valence-corrected chi connectivity index (χ4v) is 5.04. The Hall–Kier alpha value is -2.19. The molecule has 2 aromatic heterocycles. The quantitative estimate of drug-likeness (QED) is 0.912. The average Bonchev–Trinajstić information content (AvgIpc) is 2.97. The van der Waals surface area contributed by atoms with E-state index in [1.54, 1.807) is 42.8 Å². The van der Waals surface area contributed by atoms with Crippen molar-refractivity contribution in [2.45, 2.75) is 11.8 Å². The van der Waals surface area contributed by atoms with Crippen LogP contribution in [0.3, 0.4) is 0 Å². The number of carbonyl (C=O) groups is 1.